The highest BCUT2D eigenvalue weighted by Gasteiger charge is 2.10. The first-order valence-corrected chi connectivity index (χ1v) is 8.11. The van der Waals surface area contributed by atoms with E-state index in [0.717, 1.165) is 0 Å². The number of unbranched alkanes of at least 4 members (excludes halogenated alkanes) is 2. The second-order valence-electron chi connectivity index (χ2n) is 4.93. The molecule has 24 heavy (non-hydrogen) atoms. The number of anilines is 1. The number of rotatable bonds is 9. The van der Waals surface area contributed by atoms with Crippen LogP contribution in [0.1, 0.15) is 25.7 Å². The number of hydrogen-bond donors (Lipinski definition) is 3. The summed E-state index contributed by atoms with van der Waals surface area (Å²) in [5.74, 6) is -1.71. The van der Waals surface area contributed by atoms with E-state index in [4.69, 9.17) is 10.5 Å². The van der Waals surface area contributed by atoms with Crippen LogP contribution in [0, 0.1) is 5.82 Å². The number of esters is 1. The number of hydrogen-bond acceptors (Lipinski definition) is 4. The van der Waals surface area contributed by atoms with Gasteiger partial charge in [0, 0.05) is 17.4 Å². The smallest absolute Gasteiger partial charge is 0.312 e. The average Bonchev–Trinajstić information content (AvgIpc) is 2.51. The van der Waals surface area contributed by atoms with Crippen LogP contribution < -0.4 is 16.4 Å². The third kappa shape index (κ3) is 8.47. The van der Waals surface area contributed by atoms with Gasteiger partial charge in [0.05, 0.1) is 5.69 Å². The molecule has 9 heteroatoms. The Morgan fingerprint density at radius 2 is 1.96 bits per heavy atom. The zero-order valence-electron chi connectivity index (χ0n) is 12.9. The summed E-state index contributed by atoms with van der Waals surface area (Å²) in [5, 5.41) is 4.76. The third-order valence-corrected chi connectivity index (χ3v) is 3.42. The predicted octanol–water partition coefficient (Wildman–Crippen LogP) is 2.30. The van der Waals surface area contributed by atoms with E-state index in [1.165, 1.54) is 12.1 Å². The van der Waals surface area contributed by atoms with Crippen LogP contribution in [0.5, 0.6) is 0 Å². The molecule has 0 spiro atoms. The summed E-state index contributed by atoms with van der Waals surface area (Å²) in [5.41, 5.74) is 4.92. The van der Waals surface area contributed by atoms with E-state index in [1.54, 1.807) is 6.07 Å². The Balaban J connectivity index is 2.17. The molecule has 0 atom stereocenters. The Hall–Kier alpha value is -2.16. The van der Waals surface area contributed by atoms with Gasteiger partial charge < -0.3 is 21.1 Å². The van der Waals surface area contributed by atoms with Crippen LogP contribution >= 0.6 is 15.9 Å². The van der Waals surface area contributed by atoms with E-state index in [1.807, 2.05) is 0 Å². The lowest BCUT2D eigenvalue weighted by Gasteiger charge is -2.08. The molecule has 0 aliphatic rings. The van der Waals surface area contributed by atoms with Crippen molar-refractivity contribution < 1.29 is 23.5 Å². The van der Waals surface area contributed by atoms with Gasteiger partial charge in [0.15, 0.2) is 6.61 Å². The topological polar surface area (TPSA) is 111 Å². The summed E-state index contributed by atoms with van der Waals surface area (Å²) in [4.78, 5) is 33.5. The van der Waals surface area contributed by atoms with Crippen LogP contribution in [-0.2, 0) is 14.3 Å². The zero-order valence-corrected chi connectivity index (χ0v) is 14.5. The number of ether oxygens (including phenoxy) is 1. The second-order valence-corrected chi connectivity index (χ2v) is 5.85. The number of nitrogens with one attached hydrogen (secondary N) is 2. The largest absolute Gasteiger partial charge is 0.456 e. The Bertz CT molecular complexity index is 598. The maximum Gasteiger partial charge on any atom is 0.312 e. The van der Waals surface area contributed by atoms with Crippen molar-refractivity contribution in [3.05, 3.63) is 28.5 Å². The van der Waals surface area contributed by atoms with E-state index in [9.17, 15) is 18.8 Å². The van der Waals surface area contributed by atoms with Crippen molar-refractivity contribution in [2.75, 3.05) is 18.5 Å². The minimum Gasteiger partial charge on any atom is -0.456 e. The summed E-state index contributed by atoms with van der Waals surface area (Å²) in [6.45, 7) is -0.0247. The maximum atomic E-state index is 13.5. The van der Waals surface area contributed by atoms with Gasteiger partial charge in [-0.1, -0.05) is 22.4 Å². The molecule has 0 aliphatic heterocycles. The molecule has 0 aromatic heterocycles. The van der Waals surface area contributed by atoms with Crippen molar-refractivity contribution in [3.8, 4) is 0 Å². The average molecular weight is 404 g/mol. The van der Waals surface area contributed by atoms with Crippen LogP contribution in [-0.4, -0.2) is 31.1 Å². The van der Waals surface area contributed by atoms with Crippen molar-refractivity contribution in [1.29, 1.82) is 0 Å². The summed E-state index contributed by atoms with van der Waals surface area (Å²) in [7, 11) is 0. The maximum absolute atomic E-state index is 13.5. The van der Waals surface area contributed by atoms with Crippen molar-refractivity contribution in [1.82, 2.24) is 5.32 Å². The van der Waals surface area contributed by atoms with Gasteiger partial charge in [-0.25, -0.2) is 9.18 Å². The van der Waals surface area contributed by atoms with Crippen LogP contribution in [0.2, 0.25) is 0 Å². The molecule has 0 saturated carbocycles. The summed E-state index contributed by atoms with van der Waals surface area (Å²) >= 11 is 3.11. The minimum absolute atomic E-state index is 0.0150. The van der Waals surface area contributed by atoms with Gasteiger partial charge in [-0.3, -0.25) is 9.59 Å². The number of carbonyl (C=O) groups is 3. The molecule has 4 N–H and O–H groups in total. The summed E-state index contributed by atoms with van der Waals surface area (Å²) < 4.78 is 18.9. The number of halogens is 2. The SMILES string of the molecule is NC(=O)NCCCCCC(=O)OCC(=O)Nc1ccc(Br)cc1F. The van der Waals surface area contributed by atoms with E-state index in [2.05, 4.69) is 26.6 Å². The van der Waals surface area contributed by atoms with Crippen LogP contribution in [0.4, 0.5) is 14.9 Å². The molecule has 132 valence electrons. The molecule has 1 aromatic rings. The van der Waals surface area contributed by atoms with Crippen molar-refractivity contribution in [2.24, 2.45) is 5.73 Å². The molecule has 3 amide bonds. The molecule has 7 nitrogen and oxygen atoms in total. The molecule has 1 rings (SSSR count). The first kappa shape index (κ1) is 19.9. The lowest BCUT2D eigenvalue weighted by Crippen LogP contribution is -2.29. The monoisotopic (exact) mass is 403 g/mol. The van der Waals surface area contributed by atoms with Crippen LogP contribution in [0.25, 0.3) is 0 Å². The van der Waals surface area contributed by atoms with Crippen LogP contribution in [0.15, 0.2) is 22.7 Å². The molecule has 0 bridgehead atoms. The first-order valence-electron chi connectivity index (χ1n) is 7.32. The molecule has 0 fully saturated rings. The summed E-state index contributed by atoms with van der Waals surface area (Å²) in [6.07, 6.45) is 2.14. The lowest BCUT2D eigenvalue weighted by molar-refractivity contribution is -0.147. The quantitative estimate of drug-likeness (QED) is 0.433. The molecular weight excluding hydrogens is 385 g/mol. The van der Waals surface area contributed by atoms with Gasteiger partial charge in [-0.05, 0) is 31.0 Å². The number of urea groups is 1. The number of carbonyl (C=O) groups excluding carboxylic acids is 3. The van der Waals surface area contributed by atoms with E-state index in [0.29, 0.717) is 30.3 Å². The van der Waals surface area contributed by atoms with Crippen LogP contribution in [0.3, 0.4) is 0 Å². The molecular formula is C15H19BrFN3O4. The van der Waals surface area contributed by atoms with Crippen molar-refractivity contribution >= 4 is 39.5 Å². The number of benzene rings is 1. The lowest BCUT2D eigenvalue weighted by atomic mass is 10.2. The van der Waals surface area contributed by atoms with Gasteiger partial charge in [0.1, 0.15) is 5.82 Å². The molecule has 0 unspecified atom stereocenters. The molecule has 0 saturated heterocycles. The molecule has 0 aliphatic carbocycles. The zero-order chi connectivity index (χ0) is 17.9. The Kier molecular flexibility index (Phi) is 8.77. The van der Waals surface area contributed by atoms with Gasteiger partial charge in [-0.15, -0.1) is 0 Å². The highest BCUT2D eigenvalue weighted by Crippen LogP contribution is 2.19. The van der Waals surface area contributed by atoms with Gasteiger partial charge in [0.25, 0.3) is 5.91 Å². The fourth-order valence-electron chi connectivity index (χ4n) is 1.78. The van der Waals surface area contributed by atoms with Gasteiger partial charge in [0.2, 0.25) is 0 Å². The predicted molar refractivity (Wildman–Crippen MR) is 89.7 cm³/mol. The van der Waals surface area contributed by atoms with Crippen molar-refractivity contribution in [3.63, 3.8) is 0 Å². The summed E-state index contributed by atoms with van der Waals surface area (Å²) in [6, 6.07) is 3.62. The highest BCUT2D eigenvalue weighted by atomic mass is 79.9. The van der Waals surface area contributed by atoms with E-state index >= 15 is 0 Å². The fourth-order valence-corrected chi connectivity index (χ4v) is 2.11. The standard InChI is InChI=1S/C15H19BrFN3O4/c16-10-5-6-12(11(17)8-10)20-13(21)9-24-14(22)4-2-1-3-7-19-15(18)23/h5-6,8H,1-4,7,9H2,(H,20,21)(H3,18,19,23). The first-order chi connectivity index (χ1) is 11.4. The molecule has 0 radical (unpaired) electrons. The van der Waals surface area contributed by atoms with Crippen molar-refractivity contribution in [2.45, 2.75) is 25.7 Å². The Labute approximate surface area is 147 Å². The van der Waals surface area contributed by atoms with Gasteiger partial charge in [-0.2, -0.15) is 0 Å². The Morgan fingerprint density at radius 3 is 2.62 bits per heavy atom. The Morgan fingerprint density at radius 1 is 1.21 bits per heavy atom. The fraction of sp³-hybridized carbons (Fsp3) is 0.400. The second kappa shape index (κ2) is 10.6. The normalized spacial score (nSPS) is 10.1. The number of primary amides is 1. The number of nitrogens with two attached hydrogens (primary N) is 1. The highest BCUT2D eigenvalue weighted by molar-refractivity contribution is 9.10. The van der Waals surface area contributed by atoms with E-state index < -0.39 is 30.3 Å². The molecule has 0 heterocycles. The number of amides is 3. The third-order valence-electron chi connectivity index (χ3n) is 2.93. The van der Waals surface area contributed by atoms with Gasteiger partial charge >= 0.3 is 12.0 Å². The minimum atomic E-state index is -0.616. The van der Waals surface area contributed by atoms with E-state index in [-0.39, 0.29) is 12.1 Å². The molecule has 1 aromatic carbocycles.